The molecule has 1 saturated carbocycles. The summed E-state index contributed by atoms with van der Waals surface area (Å²) in [6.07, 6.45) is 2.52. The molecule has 1 atom stereocenters. The fourth-order valence-electron chi connectivity index (χ4n) is 2.97. The number of nitrogens with two attached hydrogens (primary N) is 2. The van der Waals surface area contributed by atoms with Crippen molar-refractivity contribution in [2.75, 3.05) is 11.9 Å². The molecule has 0 aromatic heterocycles. The zero-order valence-corrected chi connectivity index (χ0v) is 10.6. The Morgan fingerprint density at radius 3 is 2.78 bits per heavy atom. The highest BCUT2D eigenvalue weighted by molar-refractivity contribution is 6.00. The maximum atomic E-state index is 11.6. The first-order valence-electron chi connectivity index (χ1n) is 6.47. The molecule has 0 bridgehead atoms. The van der Waals surface area contributed by atoms with Crippen LogP contribution in [0.3, 0.4) is 0 Å². The van der Waals surface area contributed by atoms with Gasteiger partial charge in [-0.25, -0.2) is 0 Å². The second-order valence-electron chi connectivity index (χ2n) is 5.54. The molecule has 1 amide bonds. The molecule has 18 heavy (non-hydrogen) atoms. The van der Waals surface area contributed by atoms with E-state index in [1.54, 1.807) is 4.90 Å². The lowest BCUT2D eigenvalue weighted by molar-refractivity contribution is -0.117. The summed E-state index contributed by atoms with van der Waals surface area (Å²) in [5.41, 5.74) is 15.3. The van der Waals surface area contributed by atoms with E-state index in [0.717, 1.165) is 29.7 Å². The van der Waals surface area contributed by atoms with Gasteiger partial charge in [-0.1, -0.05) is 12.1 Å². The summed E-state index contributed by atoms with van der Waals surface area (Å²) in [4.78, 5) is 13.3. The molecule has 0 spiro atoms. The van der Waals surface area contributed by atoms with E-state index < -0.39 is 0 Å². The van der Waals surface area contributed by atoms with Gasteiger partial charge < -0.3 is 16.4 Å². The molecule has 1 heterocycles. The molecule has 4 N–H and O–H groups in total. The van der Waals surface area contributed by atoms with E-state index in [9.17, 15) is 4.79 Å². The monoisotopic (exact) mass is 245 g/mol. The second-order valence-corrected chi connectivity index (χ2v) is 5.54. The van der Waals surface area contributed by atoms with Crippen LogP contribution in [0.4, 0.5) is 5.69 Å². The van der Waals surface area contributed by atoms with E-state index in [1.807, 2.05) is 19.2 Å². The lowest BCUT2D eigenvalue weighted by Gasteiger charge is -2.37. The first-order chi connectivity index (χ1) is 8.56. The Kier molecular flexibility index (Phi) is 2.64. The minimum Gasteiger partial charge on any atom is -0.328 e. The van der Waals surface area contributed by atoms with Crippen LogP contribution in [0.1, 0.15) is 30.0 Å². The van der Waals surface area contributed by atoms with Crippen LogP contribution in [0, 0.1) is 5.92 Å². The molecular weight excluding hydrogens is 226 g/mol. The highest BCUT2D eigenvalue weighted by atomic mass is 16.2. The van der Waals surface area contributed by atoms with E-state index in [0.29, 0.717) is 18.4 Å². The van der Waals surface area contributed by atoms with Crippen LogP contribution in [0.2, 0.25) is 0 Å². The van der Waals surface area contributed by atoms with Crippen molar-refractivity contribution in [3.8, 4) is 0 Å². The molecule has 1 aliphatic heterocycles. The smallest absolute Gasteiger partial charge is 0.231 e. The van der Waals surface area contributed by atoms with Crippen LogP contribution in [0.15, 0.2) is 18.2 Å². The number of rotatable bonds is 2. The number of hydrogen-bond acceptors (Lipinski definition) is 3. The number of nitrogens with zero attached hydrogens (tertiary/aromatic N) is 1. The SMILES string of the molecule is CN1C(=O)Cc2cc(C(N)C3CC(N)C3)ccc21. The van der Waals surface area contributed by atoms with Gasteiger partial charge in [-0.15, -0.1) is 0 Å². The fraction of sp³-hybridized carbons (Fsp3) is 0.500. The van der Waals surface area contributed by atoms with Crippen LogP contribution < -0.4 is 16.4 Å². The van der Waals surface area contributed by atoms with Crippen molar-refractivity contribution in [1.29, 1.82) is 0 Å². The van der Waals surface area contributed by atoms with Gasteiger partial charge in [-0.05, 0) is 36.0 Å². The van der Waals surface area contributed by atoms with Gasteiger partial charge in [0, 0.05) is 24.8 Å². The van der Waals surface area contributed by atoms with Crippen LogP contribution in [-0.4, -0.2) is 19.0 Å². The van der Waals surface area contributed by atoms with Gasteiger partial charge in [-0.2, -0.15) is 0 Å². The number of fused-ring (bicyclic) bond motifs is 1. The Labute approximate surface area is 107 Å². The predicted octanol–water partition coefficient (Wildman–Crippen LogP) is 0.943. The van der Waals surface area contributed by atoms with E-state index in [2.05, 4.69) is 6.07 Å². The number of carbonyl (C=O) groups excluding carboxylic acids is 1. The number of hydrogen-bond donors (Lipinski definition) is 2. The zero-order chi connectivity index (χ0) is 12.9. The number of amides is 1. The lowest BCUT2D eigenvalue weighted by Crippen LogP contribution is -2.41. The third-order valence-corrected chi connectivity index (χ3v) is 4.28. The van der Waals surface area contributed by atoms with Crippen LogP contribution in [-0.2, 0) is 11.2 Å². The highest BCUT2D eigenvalue weighted by Gasteiger charge is 2.32. The maximum absolute atomic E-state index is 11.6. The predicted molar refractivity (Wildman–Crippen MR) is 71.2 cm³/mol. The van der Waals surface area contributed by atoms with Crippen molar-refractivity contribution in [3.05, 3.63) is 29.3 Å². The minimum atomic E-state index is 0.0520. The van der Waals surface area contributed by atoms with E-state index in [1.165, 1.54) is 0 Å². The molecule has 0 saturated heterocycles. The summed E-state index contributed by atoms with van der Waals surface area (Å²) < 4.78 is 0. The topological polar surface area (TPSA) is 72.3 Å². The molecule has 4 heteroatoms. The Balaban J connectivity index is 1.83. The quantitative estimate of drug-likeness (QED) is 0.814. The molecule has 3 rings (SSSR count). The highest BCUT2D eigenvalue weighted by Crippen LogP contribution is 2.37. The van der Waals surface area contributed by atoms with Gasteiger partial charge in [0.15, 0.2) is 0 Å². The number of benzene rings is 1. The molecule has 96 valence electrons. The van der Waals surface area contributed by atoms with Gasteiger partial charge in [0.1, 0.15) is 0 Å². The molecular formula is C14H19N3O. The molecule has 2 aliphatic rings. The molecule has 0 radical (unpaired) electrons. The number of carbonyl (C=O) groups is 1. The van der Waals surface area contributed by atoms with Crippen LogP contribution >= 0.6 is 0 Å². The summed E-state index contributed by atoms with van der Waals surface area (Å²) in [6, 6.07) is 6.51. The lowest BCUT2D eigenvalue weighted by atomic mass is 9.74. The van der Waals surface area contributed by atoms with Gasteiger partial charge in [0.25, 0.3) is 0 Å². The third-order valence-electron chi connectivity index (χ3n) is 4.28. The van der Waals surface area contributed by atoms with Gasteiger partial charge in [0.2, 0.25) is 5.91 Å². The summed E-state index contributed by atoms with van der Waals surface area (Å²) in [7, 11) is 1.82. The summed E-state index contributed by atoms with van der Waals surface area (Å²) in [6.45, 7) is 0. The van der Waals surface area contributed by atoms with Crippen molar-refractivity contribution < 1.29 is 4.79 Å². The van der Waals surface area contributed by atoms with Crippen molar-refractivity contribution in [2.45, 2.75) is 31.3 Å². The van der Waals surface area contributed by atoms with E-state index in [4.69, 9.17) is 11.5 Å². The first kappa shape index (κ1) is 11.7. The Morgan fingerprint density at radius 1 is 1.39 bits per heavy atom. The Morgan fingerprint density at radius 2 is 2.11 bits per heavy atom. The van der Waals surface area contributed by atoms with Crippen LogP contribution in [0.25, 0.3) is 0 Å². The van der Waals surface area contributed by atoms with Crippen LogP contribution in [0.5, 0.6) is 0 Å². The number of anilines is 1. The molecule has 1 fully saturated rings. The van der Waals surface area contributed by atoms with Crippen molar-refractivity contribution >= 4 is 11.6 Å². The number of likely N-dealkylation sites (N-methyl/N-ethyl adjacent to an activating group) is 1. The standard InChI is InChI=1S/C14H19N3O/c1-17-12-3-2-8(4-9(12)7-13(17)18)14(16)10-5-11(15)6-10/h2-4,10-11,14H,5-7,15-16H2,1H3. The van der Waals surface area contributed by atoms with Crippen molar-refractivity contribution in [3.63, 3.8) is 0 Å². The molecule has 1 aromatic rings. The largest absolute Gasteiger partial charge is 0.328 e. The minimum absolute atomic E-state index is 0.0520. The van der Waals surface area contributed by atoms with Crippen molar-refractivity contribution in [1.82, 2.24) is 0 Å². The van der Waals surface area contributed by atoms with Gasteiger partial charge >= 0.3 is 0 Å². The average Bonchev–Trinajstić information content (AvgIpc) is 2.60. The molecule has 1 unspecified atom stereocenters. The summed E-state index contributed by atoms with van der Waals surface area (Å²) in [5.74, 6) is 0.647. The first-order valence-corrected chi connectivity index (χ1v) is 6.47. The second kappa shape index (κ2) is 4.07. The summed E-state index contributed by atoms with van der Waals surface area (Å²) in [5, 5.41) is 0. The third kappa shape index (κ3) is 1.72. The van der Waals surface area contributed by atoms with E-state index in [-0.39, 0.29) is 11.9 Å². The fourth-order valence-corrected chi connectivity index (χ4v) is 2.97. The van der Waals surface area contributed by atoms with Crippen molar-refractivity contribution in [2.24, 2.45) is 17.4 Å². The van der Waals surface area contributed by atoms with Gasteiger partial charge in [-0.3, -0.25) is 4.79 Å². The molecule has 4 nitrogen and oxygen atoms in total. The van der Waals surface area contributed by atoms with Gasteiger partial charge in [0.05, 0.1) is 6.42 Å². The van der Waals surface area contributed by atoms with E-state index >= 15 is 0 Å². The molecule has 1 aliphatic carbocycles. The average molecular weight is 245 g/mol. The normalized spacial score (nSPS) is 27.9. The zero-order valence-electron chi connectivity index (χ0n) is 10.6. The molecule has 1 aromatic carbocycles. The maximum Gasteiger partial charge on any atom is 0.231 e. The summed E-state index contributed by atoms with van der Waals surface area (Å²) >= 11 is 0. The Bertz CT molecular complexity index is 494. The Hall–Kier alpha value is -1.39.